The predicted octanol–water partition coefficient (Wildman–Crippen LogP) is 1.65. The average molecular weight is 425 g/mol. The van der Waals surface area contributed by atoms with Crippen LogP contribution in [0.4, 0.5) is 5.82 Å². The molecule has 0 spiro atoms. The van der Waals surface area contributed by atoms with Crippen molar-refractivity contribution in [3.05, 3.63) is 24.7 Å². The third kappa shape index (κ3) is 4.74. The number of rotatable bonds is 8. The monoisotopic (exact) mass is 425 g/mol. The highest BCUT2D eigenvalue weighted by Crippen LogP contribution is 2.28. The fourth-order valence-corrected chi connectivity index (χ4v) is 3.54. The molecule has 10 nitrogen and oxygen atoms in total. The topological polar surface area (TPSA) is 107 Å². The highest BCUT2D eigenvalue weighted by atomic mass is 16.5. The van der Waals surface area contributed by atoms with E-state index in [1.54, 1.807) is 32.7 Å². The van der Waals surface area contributed by atoms with E-state index in [4.69, 9.17) is 19.4 Å². The Morgan fingerprint density at radius 2 is 2.03 bits per heavy atom. The summed E-state index contributed by atoms with van der Waals surface area (Å²) in [6.45, 7) is 3.56. The van der Waals surface area contributed by atoms with Crippen LogP contribution in [0, 0.1) is 0 Å². The van der Waals surface area contributed by atoms with Crippen molar-refractivity contribution in [3.8, 4) is 17.3 Å². The maximum atomic E-state index is 11.5. The Hall–Kier alpha value is -3.27. The minimum absolute atomic E-state index is 0.0571. The summed E-state index contributed by atoms with van der Waals surface area (Å²) < 4.78 is 12.7. The minimum atomic E-state index is 0.0571. The lowest BCUT2D eigenvalue weighted by molar-refractivity contribution is -0.120. The van der Waals surface area contributed by atoms with Crippen LogP contribution in [0.5, 0.6) is 5.88 Å². The second-order valence-corrected chi connectivity index (χ2v) is 7.30. The van der Waals surface area contributed by atoms with Gasteiger partial charge in [0.2, 0.25) is 11.8 Å². The maximum absolute atomic E-state index is 11.5. The molecule has 0 bridgehead atoms. The number of ether oxygens (including phenoxy) is 2. The van der Waals surface area contributed by atoms with Gasteiger partial charge in [-0.1, -0.05) is 0 Å². The van der Waals surface area contributed by atoms with Gasteiger partial charge >= 0.3 is 0 Å². The molecule has 3 aromatic heterocycles. The molecule has 0 aromatic carbocycles. The quantitative estimate of drug-likeness (QED) is 0.543. The average Bonchev–Trinajstić information content (AvgIpc) is 3.24. The number of hydrogen-bond acceptors (Lipinski definition) is 8. The van der Waals surface area contributed by atoms with Gasteiger partial charge in [-0.15, -0.1) is 0 Å². The Morgan fingerprint density at radius 3 is 2.74 bits per heavy atom. The van der Waals surface area contributed by atoms with Gasteiger partial charge < -0.3 is 24.3 Å². The van der Waals surface area contributed by atoms with E-state index in [0.29, 0.717) is 31.3 Å². The van der Waals surface area contributed by atoms with Crippen LogP contribution in [0.2, 0.25) is 0 Å². The molecule has 164 valence electrons. The van der Waals surface area contributed by atoms with Crippen molar-refractivity contribution in [1.82, 2.24) is 29.8 Å². The molecule has 0 atom stereocenters. The second-order valence-electron chi connectivity index (χ2n) is 7.30. The van der Waals surface area contributed by atoms with E-state index in [-0.39, 0.29) is 5.91 Å². The van der Waals surface area contributed by atoms with Gasteiger partial charge in [0.25, 0.3) is 0 Å². The molecule has 0 saturated carbocycles. The first-order chi connectivity index (χ1) is 15.2. The summed E-state index contributed by atoms with van der Waals surface area (Å²) in [6, 6.07) is 3.70. The van der Waals surface area contributed by atoms with Crippen molar-refractivity contribution in [3.63, 3.8) is 0 Å². The first-order valence-corrected chi connectivity index (χ1v) is 10.5. The Kier molecular flexibility index (Phi) is 6.56. The number of aryl methyl sites for hydroxylation is 1. The smallest absolute Gasteiger partial charge is 0.219 e. The SMILES string of the molecule is CNC(=O)CCCCn1cnc2c(N3CCOCC3)nc(-c3ccc(OC)nc3)nc21. The molecular weight excluding hydrogens is 398 g/mol. The van der Waals surface area contributed by atoms with Crippen LogP contribution in [0.3, 0.4) is 0 Å². The largest absolute Gasteiger partial charge is 0.481 e. The Balaban J connectivity index is 1.67. The Morgan fingerprint density at radius 1 is 1.19 bits per heavy atom. The Bertz CT molecular complexity index is 1030. The molecule has 1 aliphatic heterocycles. The number of nitrogens with one attached hydrogen (secondary N) is 1. The van der Waals surface area contributed by atoms with Crippen LogP contribution in [0.25, 0.3) is 22.6 Å². The Labute approximate surface area is 180 Å². The number of carbonyl (C=O) groups is 1. The summed E-state index contributed by atoms with van der Waals surface area (Å²) in [5.41, 5.74) is 2.37. The number of methoxy groups -OCH3 is 1. The van der Waals surface area contributed by atoms with Gasteiger partial charge in [-0.2, -0.15) is 0 Å². The van der Waals surface area contributed by atoms with E-state index in [1.165, 1.54) is 0 Å². The third-order valence-electron chi connectivity index (χ3n) is 5.29. The molecule has 1 fully saturated rings. The van der Waals surface area contributed by atoms with Crippen molar-refractivity contribution in [1.29, 1.82) is 0 Å². The van der Waals surface area contributed by atoms with Crippen molar-refractivity contribution >= 4 is 22.9 Å². The number of imidazole rings is 1. The second kappa shape index (κ2) is 9.69. The highest BCUT2D eigenvalue weighted by molar-refractivity contribution is 5.85. The highest BCUT2D eigenvalue weighted by Gasteiger charge is 2.21. The number of unbranched alkanes of at least 4 members (excludes halogenated alkanes) is 1. The number of nitrogens with zero attached hydrogens (tertiary/aromatic N) is 6. The first kappa shape index (κ1) is 21.0. The van der Waals surface area contributed by atoms with Crippen molar-refractivity contribution in [2.24, 2.45) is 0 Å². The van der Waals surface area contributed by atoms with E-state index in [9.17, 15) is 4.79 Å². The number of amides is 1. The molecular formula is C21H27N7O3. The molecule has 4 heterocycles. The summed E-state index contributed by atoms with van der Waals surface area (Å²) in [4.78, 5) is 32.2. The summed E-state index contributed by atoms with van der Waals surface area (Å²) >= 11 is 0. The first-order valence-electron chi connectivity index (χ1n) is 10.5. The maximum Gasteiger partial charge on any atom is 0.219 e. The van der Waals surface area contributed by atoms with Crippen molar-refractivity contribution < 1.29 is 14.3 Å². The number of morpholine rings is 1. The van der Waals surface area contributed by atoms with E-state index >= 15 is 0 Å². The molecule has 10 heteroatoms. The van der Waals surface area contributed by atoms with Crippen LogP contribution in [-0.2, 0) is 16.1 Å². The van der Waals surface area contributed by atoms with Gasteiger partial charge in [0.15, 0.2) is 22.8 Å². The standard InChI is InChI=1S/C21H27N7O3/c1-22-16(29)5-3-4-8-28-14-24-18-20(27-9-11-31-12-10-27)25-19(26-21(18)28)15-6-7-17(30-2)23-13-15/h6-7,13-14H,3-5,8-12H2,1-2H3,(H,22,29). The molecule has 1 saturated heterocycles. The van der Waals surface area contributed by atoms with Crippen LogP contribution < -0.4 is 15.0 Å². The number of pyridine rings is 1. The third-order valence-corrected chi connectivity index (χ3v) is 5.29. The summed E-state index contributed by atoms with van der Waals surface area (Å²) in [5.74, 6) is 2.00. The molecule has 0 unspecified atom stereocenters. The predicted molar refractivity (Wildman–Crippen MR) is 116 cm³/mol. The van der Waals surface area contributed by atoms with Gasteiger partial charge in [-0.3, -0.25) is 4.79 Å². The summed E-state index contributed by atoms with van der Waals surface area (Å²) in [6.07, 6.45) is 5.69. The van der Waals surface area contributed by atoms with E-state index in [0.717, 1.165) is 55.0 Å². The van der Waals surface area contributed by atoms with Gasteiger partial charge in [-0.05, 0) is 18.9 Å². The molecule has 1 amide bonds. The van der Waals surface area contributed by atoms with Crippen LogP contribution in [-0.4, -0.2) is 70.9 Å². The van der Waals surface area contributed by atoms with Gasteiger partial charge in [0.1, 0.15) is 0 Å². The lowest BCUT2D eigenvalue weighted by Crippen LogP contribution is -2.37. The lowest BCUT2D eigenvalue weighted by atomic mass is 10.2. The van der Waals surface area contributed by atoms with Crippen LogP contribution in [0.1, 0.15) is 19.3 Å². The van der Waals surface area contributed by atoms with Crippen molar-refractivity contribution in [2.75, 3.05) is 45.4 Å². The van der Waals surface area contributed by atoms with Gasteiger partial charge in [0, 0.05) is 50.9 Å². The van der Waals surface area contributed by atoms with Crippen molar-refractivity contribution in [2.45, 2.75) is 25.8 Å². The number of anilines is 1. The zero-order chi connectivity index (χ0) is 21.6. The van der Waals surface area contributed by atoms with E-state index in [2.05, 4.69) is 20.2 Å². The number of carbonyl (C=O) groups excluding carboxylic acids is 1. The minimum Gasteiger partial charge on any atom is -0.481 e. The van der Waals surface area contributed by atoms with Gasteiger partial charge in [0.05, 0.1) is 26.7 Å². The number of fused-ring (bicyclic) bond motifs is 1. The van der Waals surface area contributed by atoms with E-state index < -0.39 is 0 Å². The molecule has 31 heavy (non-hydrogen) atoms. The number of aromatic nitrogens is 5. The van der Waals surface area contributed by atoms with Crippen LogP contribution >= 0.6 is 0 Å². The molecule has 3 aromatic rings. The van der Waals surface area contributed by atoms with E-state index in [1.807, 2.05) is 10.6 Å². The number of hydrogen-bond donors (Lipinski definition) is 1. The summed E-state index contributed by atoms with van der Waals surface area (Å²) in [7, 11) is 3.25. The molecule has 4 rings (SSSR count). The zero-order valence-electron chi connectivity index (χ0n) is 17.9. The molecule has 1 aliphatic rings. The molecule has 1 N–H and O–H groups in total. The van der Waals surface area contributed by atoms with Crippen LogP contribution in [0.15, 0.2) is 24.7 Å². The molecule has 0 aliphatic carbocycles. The summed E-state index contributed by atoms with van der Waals surface area (Å²) in [5, 5.41) is 2.66. The molecule has 0 radical (unpaired) electrons. The fraction of sp³-hybridized carbons (Fsp3) is 0.476. The fourth-order valence-electron chi connectivity index (χ4n) is 3.54. The zero-order valence-corrected chi connectivity index (χ0v) is 17.9. The lowest BCUT2D eigenvalue weighted by Gasteiger charge is -2.28. The van der Waals surface area contributed by atoms with Gasteiger partial charge in [-0.25, -0.2) is 19.9 Å². The normalized spacial score (nSPS) is 14.1.